The fourth-order valence-electron chi connectivity index (χ4n) is 6.31. The van der Waals surface area contributed by atoms with Crippen molar-refractivity contribution < 1.29 is 48.3 Å². The summed E-state index contributed by atoms with van der Waals surface area (Å²) in [6.45, 7) is -0.733. The van der Waals surface area contributed by atoms with Gasteiger partial charge in [0.15, 0.2) is 33.3 Å². The maximum atomic E-state index is 13.8. The van der Waals surface area contributed by atoms with Crippen molar-refractivity contribution in [2.24, 2.45) is 9.98 Å². The first-order valence-corrected chi connectivity index (χ1v) is 20.9. The van der Waals surface area contributed by atoms with Crippen molar-refractivity contribution in [1.29, 1.82) is 0 Å². The Hall–Kier alpha value is -7.70. The van der Waals surface area contributed by atoms with E-state index in [9.17, 15) is 29.4 Å². The summed E-state index contributed by atoms with van der Waals surface area (Å²) >= 11 is 2.18. The molecule has 2 aliphatic heterocycles. The van der Waals surface area contributed by atoms with Crippen molar-refractivity contribution in [3.05, 3.63) is 130 Å². The minimum absolute atomic E-state index is 0.155. The zero-order chi connectivity index (χ0) is 45.3. The van der Waals surface area contributed by atoms with E-state index in [1.165, 1.54) is 38.2 Å². The Bertz CT molecular complexity index is 2490. The van der Waals surface area contributed by atoms with Crippen molar-refractivity contribution in [3.63, 3.8) is 0 Å². The summed E-state index contributed by atoms with van der Waals surface area (Å²) in [7, 11) is 5.60. The van der Waals surface area contributed by atoms with Gasteiger partial charge in [-0.25, -0.2) is 9.98 Å². The van der Waals surface area contributed by atoms with Gasteiger partial charge in [0.1, 0.15) is 13.1 Å². The van der Waals surface area contributed by atoms with E-state index in [1.54, 1.807) is 84.9 Å². The van der Waals surface area contributed by atoms with Crippen LogP contribution in [0.25, 0.3) is 12.2 Å². The largest absolute Gasteiger partial charge is 0.502 e. The van der Waals surface area contributed by atoms with Crippen LogP contribution in [0.15, 0.2) is 129 Å². The normalized spacial score (nSPS) is 16.2. The summed E-state index contributed by atoms with van der Waals surface area (Å²) in [6.07, 6.45) is 3.20. The number of thioether (sulfide) groups is 2. The molecule has 0 saturated carbocycles. The van der Waals surface area contributed by atoms with E-state index in [-0.39, 0.29) is 67.7 Å². The van der Waals surface area contributed by atoms with Gasteiger partial charge in [0.25, 0.3) is 11.8 Å². The molecule has 5 aromatic rings. The molecule has 16 nitrogen and oxygen atoms in total. The Labute approximate surface area is 375 Å². The Morgan fingerprint density at radius 3 is 1.20 bits per heavy atom. The predicted molar refractivity (Wildman–Crippen MR) is 248 cm³/mol. The fourth-order valence-corrected chi connectivity index (χ4v) is 8.31. The van der Waals surface area contributed by atoms with Crippen LogP contribution in [0, 0.1) is 0 Å². The fraction of sp³-hybridized carbons (Fsp3) is 0.130. The highest BCUT2D eigenvalue weighted by atomic mass is 32.2. The third kappa shape index (κ3) is 10.3. The van der Waals surface area contributed by atoms with Gasteiger partial charge in [-0.2, -0.15) is 0 Å². The molecule has 0 radical (unpaired) electrons. The lowest BCUT2D eigenvalue weighted by atomic mass is 10.1. The molecule has 18 heteroatoms. The number of nitrogens with zero attached hydrogens (tertiary/aromatic N) is 4. The average Bonchev–Trinajstić information content (AvgIpc) is 3.73. The summed E-state index contributed by atoms with van der Waals surface area (Å²) in [5, 5.41) is 26.9. The van der Waals surface area contributed by atoms with E-state index in [2.05, 4.69) is 20.6 Å². The smallest absolute Gasteiger partial charge is 0.267 e. The van der Waals surface area contributed by atoms with Crippen molar-refractivity contribution in [1.82, 2.24) is 9.80 Å². The number of aromatic hydroxyl groups is 2. The number of anilines is 2. The van der Waals surface area contributed by atoms with Gasteiger partial charge < -0.3 is 39.8 Å². The number of para-hydroxylation sites is 2. The van der Waals surface area contributed by atoms with Crippen molar-refractivity contribution in [3.8, 4) is 34.5 Å². The number of hydrogen-bond acceptors (Lipinski definition) is 14. The Morgan fingerprint density at radius 2 is 0.891 bits per heavy atom. The molecule has 2 saturated heterocycles. The molecule has 4 N–H and O–H groups in total. The second-order valence-electron chi connectivity index (χ2n) is 13.7. The summed E-state index contributed by atoms with van der Waals surface area (Å²) in [5.41, 5.74) is 2.97. The molecule has 0 unspecified atom stereocenters. The van der Waals surface area contributed by atoms with Gasteiger partial charge >= 0.3 is 0 Å². The molecule has 0 bridgehead atoms. The maximum absolute atomic E-state index is 13.8. The maximum Gasteiger partial charge on any atom is 0.267 e. The van der Waals surface area contributed by atoms with Crippen LogP contribution in [-0.4, -0.2) is 95.5 Å². The molecule has 4 amide bonds. The number of carbonyl (C=O) groups excluding carboxylic acids is 4. The molecule has 2 heterocycles. The Morgan fingerprint density at radius 1 is 0.562 bits per heavy atom. The van der Waals surface area contributed by atoms with Gasteiger partial charge in [-0.05, 0) is 120 Å². The second-order valence-corrected chi connectivity index (χ2v) is 15.7. The number of rotatable bonds is 14. The standard InChI is InChI=1S/C46H40N6O10S2/c1-59-33-19-27(20-34(60-2)41(33)55)23-37-43(57)51(45(63-37)49-29-11-7-5-8-12-29)25-39(53)47-31-15-17-32(18-16-31)48-40(54)26-52-44(58)38(64-46(52)50-30-13-9-6-10-14-30)24-28-21-35(61-3)42(56)36(22-28)62-4/h5-24,55-56H,25-26H2,1-4H3,(H,47,53)(H,48,54)/b37-23-,38-24-,49-45?,50-46?. The van der Waals surface area contributed by atoms with E-state index in [4.69, 9.17) is 18.9 Å². The van der Waals surface area contributed by atoms with E-state index in [1.807, 2.05) is 36.4 Å². The number of amidine groups is 2. The summed E-state index contributed by atoms with van der Waals surface area (Å²) in [4.78, 5) is 66.9. The third-order valence-corrected chi connectivity index (χ3v) is 11.4. The summed E-state index contributed by atoms with van der Waals surface area (Å²) in [6, 6.07) is 30.6. The number of phenols is 2. The Kier molecular flexibility index (Phi) is 13.9. The third-order valence-electron chi connectivity index (χ3n) is 9.39. The van der Waals surface area contributed by atoms with E-state index in [0.29, 0.717) is 33.9 Å². The number of hydrogen-bond donors (Lipinski definition) is 4. The number of methoxy groups -OCH3 is 4. The van der Waals surface area contributed by atoms with Crippen LogP contribution in [0.4, 0.5) is 22.7 Å². The quantitative estimate of drug-likeness (QED) is 0.0796. The monoisotopic (exact) mass is 900 g/mol. The number of ether oxygens (including phenoxy) is 4. The second kappa shape index (κ2) is 20.0. The van der Waals surface area contributed by atoms with Crippen LogP contribution in [-0.2, 0) is 19.2 Å². The molecule has 2 fully saturated rings. The first-order valence-electron chi connectivity index (χ1n) is 19.3. The van der Waals surface area contributed by atoms with Gasteiger partial charge in [-0.15, -0.1) is 0 Å². The van der Waals surface area contributed by atoms with Gasteiger partial charge in [-0.3, -0.25) is 29.0 Å². The SMILES string of the molecule is COc1cc(/C=C2\SC(=Nc3ccccc3)N(CC(=O)Nc3ccc(NC(=O)CN4C(=O)/C(=C/c5cc(OC)c(O)c(OC)c5)SC4=Nc4ccccc4)cc3)C2=O)cc(OC)c1O. The molecule has 326 valence electrons. The van der Waals surface area contributed by atoms with Crippen molar-refractivity contribution in [2.45, 2.75) is 0 Å². The van der Waals surface area contributed by atoms with Crippen LogP contribution in [0.5, 0.6) is 34.5 Å². The van der Waals surface area contributed by atoms with Crippen LogP contribution >= 0.6 is 23.5 Å². The first kappa shape index (κ1) is 44.4. The van der Waals surface area contributed by atoms with E-state index in [0.717, 1.165) is 23.5 Å². The van der Waals surface area contributed by atoms with Crippen LogP contribution in [0.3, 0.4) is 0 Å². The molecule has 0 aromatic heterocycles. The minimum atomic E-state index is -0.510. The highest BCUT2D eigenvalue weighted by Gasteiger charge is 2.36. The number of amides is 4. The lowest BCUT2D eigenvalue weighted by Gasteiger charge is -2.16. The number of benzene rings is 5. The summed E-state index contributed by atoms with van der Waals surface area (Å²) in [5.74, 6) is -1.69. The number of phenolic OH excluding ortho intramolecular Hbond substituents is 2. The van der Waals surface area contributed by atoms with Gasteiger partial charge in [0, 0.05) is 11.4 Å². The molecule has 2 aliphatic rings. The molecular weight excluding hydrogens is 861 g/mol. The van der Waals surface area contributed by atoms with Crippen LogP contribution in [0.1, 0.15) is 11.1 Å². The van der Waals surface area contributed by atoms with Gasteiger partial charge in [0.2, 0.25) is 23.3 Å². The number of aliphatic imine (C=N–C) groups is 2. The van der Waals surface area contributed by atoms with Crippen molar-refractivity contribution >= 4 is 92.4 Å². The van der Waals surface area contributed by atoms with Gasteiger partial charge in [0.05, 0.1) is 49.6 Å². The molecule has 0 atom stereocenters. The lowest BCUT2D eigenvalue weighted by Crippen LogP contribution is -2.37. The first-order chi connectivity index (χ1) is 31.0. The van der Waals surface area contributed by atoms with Crippen molar-refractivity contribution in [2.75, 3.05) is 52.2 Å². The molecular formula is C46H40N6O10S2. The highest BCUT2D eigenvalue weighted by Crippen LogP contribution is 2.42. The average molecular weight is 901 g/mol. The molecule has 64 heavy (non-hydrogen) atoms. The minimum Gasteiger partial charge on any atom is -0.502 e. The molecule has 0 aliphatic carbocycles. The zero-order valence-electron chi connectivity index (χ0n) is 34.7. The molecule has 0 spiro atoms. The summed E-state index contributed by atoms with van der Waals surface area (Å²) < 4.78 is 21.1. The number of carbonyl (C=O) groups is 4. The Balaban J connectivity index is 1.04. The van der Waals surface area contributed by atoms with Crippen LogP contribution < -0.4 is 29.6 Å². The number of nitrogens with one attached hydrogen (secondary N) is 2. The predicted octanol–water partition coefficient (Wildman–Crippen LogP) is 7.62. The zero-order valence-corrected chi connectivity index (χ0v) is 36.4. The topological polar surface area (TPSA) is 201 Å². The molecule has 5 aromatic carbocycles. The van der Waals surface area contributed by atoms with E-state index < -0.39 is 23.6 Å². The van der Waals surface area contributed by atoms with Crippen LogP contribution in [0.2, 0.25) is 0 Å². The lowest BCUT2D eigenvalue weighted by molar-refractivity contribution is -0.126. The highest BCUT2D eigenvalue weighted by molar-refractivity contribution is 8.19. The van der Waals surface area contributed by atoms with E-state index >= 15 is 0 Å². The van der Waals surface area contributed by atoms with Gasteiger partial charge in [-0.1, -0.05) is 36.4 Å². The molecule has 7 rings (SSSR count).